The van der Waals surface area contributed by atoms with Crippen molar-refractivity contribution in [2.45, 2.75) is 63.0 Å². The molecule has 1 atom stereocenters. The zero-order chi connectivity index (χ0) is 19.3. The van der Waals surface area contributed by atoms with Gasteiger partial charge in [0.05, 0.1) is 6.04 Å². The molecule has 1 amide bonds. The first kappa shape index (κ1) is 19.8. The lowest BCUT2D eigenvalue weighted by atomic mass is 9.83. The lowest BCUT2D eigenvalue weighted by molar-refractivity contribution is -0.122. The average molecular weight is 384 g/mol. The third-order valence-electron chi connectivity index (χ3n) is 5.44. The Morgan fingerprint density at radius 1 is 1.15 bits per heavy atom. The van der Waals surface area contributed by atoms with Crippen LogP contribution in [0.1, 0.15) is 56.7 Å². The molecular weight excluding hydrogens is 354 g/mol. The van der Waals surface area contributed by atoms with E-state index in [1.807, 2.05) is 18.2 Å². The molecule has 0 bridgehead atoms. The Morgan fingerprint density at radius 3 is 2.56 bits per heavy atom. The first-order valence-corrected chi connectivity index (χ1v) is 10.8. The van der Waals surface area contributed by atoms with Crippen LogP contribution in [-0.4, -0.2) is 17.3 Å². The molecule has 2 aromatic rings. The minimum atomic E-state index is -0.192. The molecule has 3 nitrogen and oxygen atoms in total. The Kier molecular flexibility index (Phi) is 6.48. The van der Waals surface area contributed by atoms with E-state index in [-0.39, 0.29) is 17.6 Å². The maximum Gasteiger partial charge on any atom is 0.221 e. The van der Waals surface area contributed by atoms with Gasteiger partial charge in [-0.3, -0.25) is 4.79 Å². The van der Waals surface area contributed by atoms with Gasteiger partial charge in [0.2, 0.25) is 5.91 Å². The molecule has 0 saturated carbocycles. The van der Waals surface area contributed by atoms with E-state index in [1.165, 1.54) is 10.5 Å². The van der Waals surface area contributed by atoms with E-state index in [0.29, 0.717) is 6.42 Å². The van der Waals surface area contributed by atoms with E-state index in [2.05, 4.69) is 56.4 Å². The fourth-order valence-electron chi connectivity index (χ4n) is 3.59. The highest BCUT2D eigenvalue weighted by atomic mass is 32.2. The largest absolute Gasteiger partial charge is 0.487 e. The Labute approximate surface area is 166 Å². The van der Waals surface area contributed by atoms with Crippen molar-refractivity contribution < 1.29 is 9.53 Å². The lowest BCUT2D eigenvalue weighted by Gasteiger charge is -2.41. The number of carbonyl (C=O) groups is 1. The van der Waals surface area contributed by atoms with Gasteiger partial charge in [0.15, 0.2) is 0 Å². The number of carbonyl (C=O) groups excluding carboxylic acids is 1. The number of nitrogens with one attached hydrogen (secondary N) is 1. The lowest BCUT2D eigenvalue weighted by Crippen LogP contribution is -2.44. The van der Waals surface area contributed by atoms with Gasteiger partial charge in [0.25, 0.3) is 0 Å². The first-order chi connectivity index (χ1) is 13.0. The fraction of sp³-hybridized carbons (Fsp3) is 0.435. The van der Waals surface area contributed by atoms with Gasteiger partial charge in [0, 0.05) is 29.1 Å². The molecule has 0 radical (unpaired) electrons. The fourth-order valence-corrected chi connectivity index (χ4v) is 4.44. The highest BCUT2D eigenvalue weighted by molar-refractivity contribution is 7.99. The zero-order valence-electron chi connectivity index (χ0n) is 16.5. The minimum absolute atomic E-state index is 0.0201. The highest BCUT2D eigenvalue weighted by Gasteiger charge is 2.38. The zero-order valence-corrected chi connectivity index (χ0v) is 17.3. The number of thioether (sulfide) groups is 1. The van der Waals surface area contributed by atoms with Gasteiger partial charge in [-0.25, -0.2) is 0 Å². The third-order valence-corrected chi connectivity index (χ3v) is 6.45. The quantitative estimate of drug-likeness (QED) is 0.626. The van der Waals surface area contributed by atoms with E-state index in [1.54, 1.807) is 11.8 Å². The second-order valence-electron chi connectivity index (χ2n) is 7.27. The molecule has 2 aromatic carbocycles. The molecule has 1 N–H and O–H groups in total. The molecule has 1 unspecified atom stereocenters. The van der Waals surface area contributed by atoms with Gasteiger partial charge < -0.3 is 10.1 Å². The third kappa shape index (κ3) is 4.86. The Bertz CT molecular complexity index is 768. The highest BCUT2D eigenvalue weighted by Crippen LogP contribution is 2.42. The minimum Gasteiger partial charge on any atom is -0.487 e. The second kappa shape index (κ2) is 8.83. The number of ether oxygens (including phenoxy) is 1. The summed E-state index contributed by atoms with van der Waals surface area (Å²) in [6, 6.07) is 16.6. The summed E-state index contributed by atoms with van der Waals surface area (Å²) in [6.07, 6.45) is 3.22. The summed E-state index contributed by atoms with van der Waals surface area (Å²) in [5, 5.41) is 3.26. The van der Waals surface area contributed by atoms with Gasteiger partial charge in [0.1, 0.15) is 11.4 Å². The molecule has 144 valence electrons. The summed E-state index contributed by atoms with van der Waals surface area (Å²) >= 11 is 1.73. The van der Waals surface area contributed by atoms with Crippen LogP contribution in [0.4, 0.5) is 0 Å². The number of amides is 1. The van der Waals surface area contributed by atoms with E-state index in [0.717, 1.165) is 36.3 Å². The van der Waals surface area contributed by atoms with Crippen molar-refractivity contribution in [2.75, 3.05) is 5.75 Å². The van der Waals surface area contributed by atoms with Crippen molar-refractivity contribution in [3.63, 3.8) is 0 Å². The van der Waals surface area contributed by atoms with Crippen LogP contribution in [0.2, 0.25) is 0 Å². The van der Waals surface area contributed by atoms with Crippen molar-refractivity contribution >= 4 is 17.7 Å². The summed E-state index contributed by atoms with van der Waals surface area (Å²) < 4.78 is 6.32. The standard InChI is InChI=1S/C23H29NO2S/c1-4-23(5-2)16-20(19-8-6-7-9-21(19)26-23)24-22(25)14-15-27-18-12-10-17(3)11-13-18/h6-13,20H,4-5,14-16H2,1-3H3,(H,24,25). The van der Waals surface area contributed by atoms with Crippen molar-refractivity contribution in [3.05, 3.63) is 59.7 Å². The van der Waals surface area contributed by atoms with Gasteiger partial charge in [-0.1, -0.05) is 49.7 Å². The number of rotatable bonds is 7. The van der Waals surface area contributed by atoms with Crippen molar-refractivity contribution in [1.29, 1.82) is 0 Å². The normalized spacial score (nSPS) is 17.7. The molecule has 0 aromatic heterocycles. The number of benzene rings is 2. The summed E-state index contributed by atoms with van der Waals surface area (Å²) in [5.41, 5.74) is 2.16. The topological polar surface area (TPSA) is 38.3 Å². The van der Waals surface area contributed by atoms with Crippen LogP contribution in [0.5, 0.6) is 5.75 Å². The second-order valence-corrected chi connectivity index (χ2v) is 8.43. The van der Waals surface area contributed by atoms with Crippen molar-refractivity contribution in [1.82, 2.24) is 5.32 Å². The van der Waals surface area contributed by atoms with E-state index in [9.17, 15) is 4.79 Å². The van der Waals surface area contributed by atoms with Gasteiger partial charge >= 0.3 is 0 Å². The van der Waals surface area contributed by atoms with Crippen LogP contribution >= 0.6 is 11.8 Å². The van der Waals surface area contributed by atoms with Gasteiger partial charge in [-0.15, -0.1) is 11.8 Å². The maximum atomic E-state index is 12.6. The predicted octanol–water partition coefficient (Wildman–Crippen LogP) is 5.68. The average Bonchev–Trinajstić information content (AvgIpc) is 2.69. The maximum absolute atomic E-state index is 12.6. The van der Waals surface area contributed by atoms with Crippen LogP contribution in [0.25, 0.3) is 0 Å². The van der Waals surface area contributed by atoms with E-state index >= 15 is 0 Å². The van der Waals surface area contributed by atoms with Crippen LogP contribution in [0, 0.1) is 6.92 Å². The van der Waals surface area contributed by atoms with Crippen molar-refractivity contribution in [2.24, 2.45) is 0 Å². The summed E-state index contributed by atoms with van der Waals surface area (Å²) in [4.78, 5) is 13.8. The summed E-state index contributed by atoms with van der Waals surface area (Å²) in [7, 11) is 0. The Morgan fingerprint density at radius 2 is 1.85 bits per heavy atom. The number of hydrogen-bond donors (Lipinski definition) is 1. The van der Waals surface area contributed by atoms with Crippen LogP contribution in [0.3, 0.4) is 0 Å². The molecule has 0 saturated heterocycles. The molecule has 27 heavy (non-hydrogen) atoms. The molecule has 0 fully saturated rings. The molecule has 1 heterocycles. The SMILES string of the molecule is CCC1(CC)CC(NC(=O)CCSc2ccc(C)cc2)c2ccccc2O1. The molecular formula is C23H29NO2S. The van der Waals surface area contributed by atoms with Crippen LogP contribution in [0.15, 0.2) is 53.4 Å². The molecule has 4 heteroatoms. The molecule has 0 aliphatic carbocycles. The monoisotopic (exact) mass is 383 g/mol. The van der Waals surface area contributed by atoms with Crippen LogP contribution in [-0.2, 0) is 4.79 Å². The van der Waals surface area contributed by atoms with Gasteiger partial charge in [-0.2, -0.15) is 0 Å². The molecule has 3 rings (SSSR count). The van der Waals surface area contributed by atoms with Crippen LogP contribution < -0.4 is 10.1 Å². The van der Waals surface area contributed by atoms with Crippen molar-refractivity contribution in [3.8, 4) is 5.75 Å². The Hall–Kier alpha value is -1.94. The first-order valence-electron chi connectivity index (χ1n) is 9.82. The smallest absolute Gasteiger partial charge is 0.221 e. The predicted molar refractivity (Wildman–Crippen MR) is 112 cm³/mol. The number of hydrogen-bond acceptors (Lipinski definition) is 3. The van der Waals surface area contributed by atoms with E-state index in [4.69, 9.17) is 4.74 Å². The summed E-state index contributed by atoms with van der Waals surface area (Å²) in [6.45, 7) is 6.41. The van der Waals surface area contributed by atoms with Gasteiger partial charge in [-0.05, 0) is 38.0 Å². The Balaban J connectivity index is 1.61. The summed E-state index contributed by atoms with van der Waals surface area (Å²) in [5.74, 6) is 1.80. The molecule has 1 aliphatic heterocycles. The number of para-hydroxylation sites is 1. The number of fused-ring (bicyclic) bond motifs is 1. The molecule has 0 spiro atoms. The molecule has 1 aliphatic rings. The number of aryl methyl sites for hydroxylation is 1. The van der Waals surface area contributed by atoms with E-state index < -0.39 is 0 Å².